The summed E-state index contributed by atoms with van der Waals surface area (Å²) in [5, 5.41) is 3.76. The SMILES string of the molecule is C[PH]1=C2CCCC2=CC2=C1CCC2. The highest BCUT2D eigenvalue weighted by Gasteiger charge is 2.25. The van der Waals surface area contributed by atoms with Gasteiger partial charge in [0.1, 0.15) is 0 Å². The van der Waals surface area contributed by atoms with Crippen LogP contribution < -0.4 is 0 Å². The Hall–Kier alpha value is -0.220. The van der Waals surface area contributed by atoms with Crippen LogP contribution in [0.15, 0.2) is 22.5 Å². The maximum absolute atomic E-state index is 2.54. The van der Waals surface area contributed by atoms with E-state index < -0.39 is 0 Å². The van der Waals surface area contributed by atoms with Gasteiger partial charge >= 0.3 is 0 Å². The molecule has 1 fully saturated rings. The van der Waals surface area contributed by atoms with E-state index >= 15 is 0 Å². The van der Waals surface area contributed by atoms with Crippen molar-refractivity contribution in [2.24, 2.45) is 0 Å². The summed E-state index contributed by atoms with van der Waals surface area (Å²) in [7, 11) is -0.216. The number of hydrogen-bond acceptors (Lipinski definition) is 0. The minimum absolute atomic E-state index is 0.216. The highest BCUT2D eigenvalue weighted by molar-refractivity contribution is 7.63. The third kappa shape index (κ3) is 1.12. The van der Waals surface area contributed by atoms with Crippen LogP contribution >= 0.6 is 7.55 Å². The van der Waals surface area contributed by atoms with Crippen molar-refractivity contribution in [3.05, 3.63) is 22.5 Å². The molecule has 0 saturated heterocycles. The molecule has 3 aliphatic rings. The van der Waals surface area contributed by atoms with E-state index in [4.69, 9.17) is 0 Å². The molecule has 0 radical (unpaired) electrons. The molecule has 0 N–H and O–H groups in total. The van der Waals surface area contributed by atoms with Crippen LogP contribution in [-0.4, -0.2) is 12.0 Å². The predicted octanol–water partition coefficient (Wildman–Crippen LogP) is 3.56. The molecule has 1 heteroatoms. The molecule has 0 aromatic rings. The molecule has 0 amide bonds. The first-order valence-corrected chi connectivity index (χ1v) is 7.49. The van der Waals surface area contributed by atoms with Crippen molar-refractivity contribution in [3.8, 4) is 0 Å². The van der Waals surface area contributed by atoms with Crippen LogP contribution in [0.5, 0.6) is 0 Å². The topological polar surface area (TPSA) is 0 Å². The molecule has 0 aromatic carbocycles. The summed E-state index contributed by atoms with van der Waals surface area (Å²) in [6, 6.07) is 0. The predicted molar refractivity (Wildman–Crippen MR) is 62.1 cm³/mol. The number of allylic oxidation sites excluding steroid dienone is 4. The highest BCUT2D eigenvalue weighted by Crippen LogP contribution is 2.50. The van der Waals surface area contributed by atoms with Gasteiger partial charge in [0, 0.05) is 0 Å². The van der Waals surface area contributed by atoms with Crippen molar-refractivity contribution in [1.82, 2.24) is 0 Å². The highest BCUT2D eigenvalue weighted by atomic mass is 31.1. The Kier molecular flexibility index (Phi) is 1.80. The Bertz CT molecular complexity index is 353. The fourth-order valence-corrected chi connectivity index (χ4v) is 5.93. The normalized spacial score (nSPS) is 31.9. The Balaban J connectivity index is 2.17. The van der Waals surface area contributed by atoms with E-state index in [-0.39, 0.29) is 7.55 Å². The molecule has 3 rings (SSSR count). The van der Waals surface area contributed by atoms with Crippen molar-refractivity contribution in [3.63, 3.8) is 0 Å². The van der Waals surface area contributed by atoms with Gasteiger partial charge in [-0.25, -0.2) is 0 Å². The van der Waals surface area contributed by atoms with Gasteiger partial charge in [-0.1, -0.05) is 13.6 Å². The minimum Gasteiger partial charge on any atom is -0.0930 e. The van der Waals surface area contributed by atoms with Gasteiger partial charge in [0.05, 0.1) is 0 Å². The number of fused-ring (bicyclic) bond motifs is 1. The number of rotatable bonds is 0. The lowest BCUT2D eigenvalue weighted by atomic mass is 10.1. The molecule has 1 unspecified atom stereocenters. The molecule has 1 saturated carbocycles. The lowest BCUT2D eigenvalue weighted by Gasteiger charge is -2.17. The first-order valence-electron chi connectivity index (χ1n) is 5.49. The van der Waals surface area contributed by atoms with E-state index in [1.165, 1.54) is 38.5 Å². The van der Waals surface area contributed by atoms with Crippen molar-refractivity contribution in [2.75, 3.05) is 6.66 Å². The van der Waals surface area contributed by atoms with Gasteiger partial charge < -0.3 is 0 Å². The molecule has 2 aliphatic carbocycles. The standard InChI is InChI=1S/C12H17P/c1-13-11-6-2-4-9(11)8-10-5-3-7-12(10)13/h8,13H,2-7H2,1H3. The first-order chi connectivity index (χ1) is 6.36. The second-order valence-corrected chi connectivity index (χ2v) is 6.94. The van der Waals surface area contributed by atoms with Gasteiger partial charge in [0.15, 0.2) is 0 Å². The molecule has 1 aliphatic heterocycles. The fourth-order valence-electron chi connectivity index (χ4n) is 3.10. The quantitative estimate of drug-likeness (QED) is 0.515. The second-order valence-electron chi connectivity index (χ2n) is 4.48. The molecular weight excluding hydrogens is 175 g/mol. The summed E-state index contributed by atoms with van der Waals surface area (Å²) in [5.74, 6) is 0. The van der Waals surface area contributed by atoms with Crippen LogP contribution in [0, 0.1) is 0 Å². The van der Waals surface area contributed by atoms with E-state index in [1.54, 1.807) is 11.1 Å². The summed E-state index contributed by atoms with van der Waals surface area (Å²) in [6.07, 6.45) is 11.0. The zero-order valence-corrected chi connectivity index (χ0v) is 9.32. The molecule has 0 aromatic heterocycles. The van der Waals surface area contributed by atoms with Gasteiger partial charge in [-0.05, 0) is 66.9 Å². The Morgan fingerprint density at radius 3 is 2.85 bits per heavy atom. The molecule has 13 heavy (non-hydrogen) atoms. The molecule has 70 valence electrons. The van der Waals surface area contributed by atoms with Crippen molar-refractivity contribution < 1.29 is 0 Å². The minimum atomic E-state index is -0.216. The van der Waals surface area contributed by atoms with Crippen molar-refractivity contribution in [1.29, 1.82) is 0 Å². The van der Waals surface area contributed by atoms with E-state index in [9.17, 15) is 0 Å². The molecular formula is C12H17P. The Morgan fingerprint density at radius 1 is 1.08 bits per heavy atom. The third-order valence-electron chi connectivity index (χ3n) is 3.77. The third-order valence-corrected chi connectivity index (χ3v) is 6.73. The van der Waals surface area contributed by atoms with Crippen LogP contribution in [0.4, 0.5) is 0 Å². The van der Waals surface area contributed by atoms with Gasteiger partial charge in [0.2, 0.25) is 0 Å². The average Bonchev–Trinajstić information content (AvgIpc) is 2.71. The zero-order chi connectivity index (χ0) is 8.84. The smallest absolute Gasteiger partial charge is 0.0271 e. The summed E-state index contributed by atoms with van der Waals surface area (Å²) in [6.45, 7) is 2.53. The molecule has 0 bridgehead atoms. The lowest BCUT2D eigenvalue weighted by molar-refractivity contribution is 0.909. The van der Waals surface area contributed by atoms with E-state index in [2.05, 4.69) is 12.7 Å². The van der Waals surface area contributed by atoms with E-state index in [0.717, 1.165) is 0 Å². The fraction of sp³-hybridized carbons (Fsp3) is 0.583. The molecule has 0 nitrogen and oxygen atoms in total. The van der Waals surface area contributed by atoms with Crippen LogP contribution in [0.3, 0.4) is 0 Å². The van der Waals surface area contributed by atoms with E-state index in [0.29, 0.717) is 0 Å². The van der Waals surface area contributed by atoms with Gasteiger partial charge in [0.25, 0.3) is 0 Å². The van der Waals surface area contributed by atoms with Crippen LogP contribution in [0.1, 0.15) is 38.5 Å². The largest absolute Gasteiger partial charge is 0.0930 e. The molecule has 0 spiro atoms. The molecule has 1 heterocycles. The summed E-state index contributed by atoms with van der Waals surface area (Å²) < 4.78 is 0. The van der Waals surface area contributed by atoms with Crippen LogP contribution in [0.25, 0.3) is 0 Å². The van der Waals surface area contributed by atoms with Crippen molar-refractivity contribution in [2.45, 2.75) is 38.5 Å². The second kappa shape index (κ2) is 2.89. The lowest BCUT2D eigenvalue weighted by Crippen LogP contribution is -1.98. The summed E-state index contributed by atoms with van der Waals surface area (Å²) >= 11 is 0. The van der Waals surface area contributed by atoms with Gasteiger partial charge in [-0.3, -0.25) is 0 Å². The maximum atomic E-state index is 2.54. The number of hydrogen-bond donors (Lipinski definition) is 0. The Morgan fingerprint density at radius 2 is 1.92 bits per heavy atom. The summed E-state index contributed by atoms with van der Waals surface area (Å²) in [4.78, 5) is 0. The van der Waals surface area contributed by atoms with Crippen LogP contribution in [0.2, 0.25) is 0 Å². The average molecular weight is 192 g/mol. The maximum Gasteiger partial charge on any atom is -0.0271 e. The summed E-state index contributed by atoms with van der Waals surface area (Å²) in [5.41, 5.74) is 3.49. The first kappa shape index (κ1) is 8.12. The monoisotopic (exact) mass is 192 g/mol. The Labute approximate surface area is 81.1 Å². The molecule has 1 atom stereocenters. The van der Waals surface area contributed by atoms with E-state index in [1.807, 2.05) is 10.6 Å². The van der Waals surface area contributed by atoms with Gasteiger partial charge in [-0.15, -0.1) is 0 Å². The van der Waals surface area contributed by atoms with Gasteiger partial charge in [-0.2, -0.15) is 0 Å². The zero-order valence-electron chi connectivity index (χ0n) is 8.32. The van der Waals surface area contributed by atoms with Crippen LogP contribution in [-0.2, 0) is 0 Å². The van der Waals surface area contributed by atoms with Crippen molar-refractivity contribution >= 4 is 12.8 Å².